The van der Waals surface area contributed by atoms with E-state index >= 15 is 0 Å². The number of nitrogens with zero attached hydrogens (tertiary/aromatic N) is 7. The van der Waals surface area contributed by atoms with Gasteiger partial charge in [0.1, 0.15) is 0 Å². The Morgan fingerprint density at radius 2 is 1.63 bits per heavy atom. The zero-order chi connectivity index (χ0) is 18.6. The highest BCUT2D eigenvalue weighted by Gasteiger charge is 2.22. The average molecular weight is 388 g/mol. The fraction of sp³-hybridized carbons (Fsp3) is 0.526. The van der Waals surface area contributed by atoms with E-state index in [1.165, 1.54) is 5.69 Å². The van der Waals surface area contributed by atoms with Crippen LogP contribution in [0.25, 0.3) is 0 Å². The first-order valence-electron chi connectivity index (χ1n) is 9.65. The van der Waals surface area contributed by atoms with Crippen molar-refractivity contribution in [2.45, 2.75) is 6.92 Å². The van der Waals surface area contributed by atoms with Gasteiger partial charge in [0.2, 0.25) is 5.95 Å². The number of likely N-dealkylation sites (N-methyl/N-ethyl adjacent to an activating group) is 1. The summed E-state index contributed by atoms with van der Waals surface area (Å²) in [5.41, 5.74) is 1.18. The second-order valence-electron chi connectivity index (χ2n) is 6.99. The number of hydrogen-bond donors (Lipinski definition) is 0. The molecule has 4 rings (SSSR count). The quantitative estimate of drug-likeness (QED) is 0.795. The molecule has 2 aliphatic heterocycles. The Bertz CT molecular complexity index is 755. The Kier molecular flexibility index (Phi) is 5.59. The van der Waals surface area contributed by atoms with E-state index in [-0.39, 0.29) is 0 Å². The summed E-state index contributed by atoms with van der Waals surface area (Å²) in [5, 5.41) is 9.28. The molecule has 27 heavy (non-hydrogen) atoms. The van der Waals surface area contributed by atoms with Crippen LogP contribution >= 0.6 is 11.6 Å². The van der Waals surface area contributed by atoms with Gasteiger partial charge in [0.15, 0.2) is 5.82 Å². The summed E-state index contributed by atoms with van der Waals surface area (Å²) in [4.78, 5) is 14.1. The van der Waals surface area contributed by atoms with Gasteiger partial charge in [-0.2, -0.15) is 10.1 Å². The lowest BCUT2D eigenvalue weighted by Gasteiger charge is -2.37. The molecule has 0 radical (unpaired) electrons. The SMILES string of the molecule is CCN1CCN(c2nncc(N3CCN(c4cccc(Cl)c4)CC3)n2)CC1. The molecule has 2 saturated heterocycles. The molecule has 1 aromatic carbocycles. The zero-order valence-electron chi connectivity index (χ0n) is 15.8. The molecular formula is C19H26ClN7. The maximum absolute atomic E-state index is 6.13. The summed E-state index contributed by atoms with van der Waals surface area (Å²) in [5.74, 6) is 1.67. The first-order chi connectivity index (χ1) is 13.2. The van der Waals surface area contributed by atoms with E-state index in [9.17, 15) is 0 Å². The van der Waals surface area contributed by atoms with Crippen LogP contribution in [-0.4, -0.2) is 79.0 Å². The van der Waals surface area contributed by atoms with Gasteiger partial charge in [0, 0.05) is 63.1 Å². The van der Waals surface area contributed by atoms with Gasteiger partial charge in [0.05, 0.1) is 6.20 Å². The molecule has 0 unspecified atom stereocenters. The van der Waals surface area contributed by atoms with Crippen molar-refractivity contribution in [3.8, 4) is 0 Å². The zero-order valence-corrected chi connectivity index (χ0v) is 16.5. The van der Waals surface area contributed by atoms with Crippen LogP contribution in [0.5, 0.6) is 0 Å². The number of halogens is 1. The molecule has 2 aromatic rings. The predicted molar refractivity (Wildman–Crippen MR) is 110 cm³/mol. The van der Waals surface area contributed by atoms with Crippen molar-refractivity contribution in [1.29, 1.82) is 0 Å². The minimum atomic E-state index is 0.750. The van der Waals surface area contributed by atoms with Crippen LogP contribution < -0.4 is 14.7 Å². The lowest BCUT2D eigenvalue weighted by molar-refractivity contribution is 0.269. The van der Waals surface area contributed by atoms with Crippen LogP contribution in [0.3, 0.4) is 0 Å². The van der Waals surface area contributed by atoms with Gasteiger partial charge in [-0.25, -0.2) is 0 Å². The Balaban J connectivity index is 1.39. The highest BCUT2D eigenvalue weighted by atomic mass is 35.5. The number of benzene rings is 1. The standard InChI is InChI=1S/C19H26ClN7/c1-2-24-6-8-27(9-7-24)19-22-18(15-21-23-19)26-12-10-25(11-13-26)17-5-3-4-16(20)14-17/h3-5,14-15H,2,6-13H2,1H3. The molecule has 3 heterocycles. The monoisotopic (exact) mass is 387 g/mol. The van der Waals surface area contributed by atoms with Gasteiger partial charge in [-0.15, -0.1) is 5.10 Å². The number of rotatable bonds is 4. The van der Waals surface area contributed by atoms with Gasteiger partial charge < -0.3 is 19.6 Å². The van der Waals surface area contributed by atoms with E-state index in [1.54, 1.807) is 6.20 Å². The molecule has 0 bridgehead atoms. The summed E-state index contributed by atoms with van der Waals surface area (Å²) in [6.45, 7) is 11.0. The minimum absolute atomic E-state index is 0.750. The van der Waals surface area contributed by atoms with E-state index in [0.717, 1.165) is 75.7 Å². The van der Waals surface area contributed by atoms with E-state index < -0.39 is 0 Å². The van der Waals surface area contributed by atoms with Gasteiger partial charge >= 0.3 is 0 Å². The molecular weight excluding hydrogens is 362 g/mol. The Labute approximate surface area is 165 Å². The number of anilines is 3. The first-order valence-corrected chi connectivity index (χ1v) is 10.0. The highest BCUT2D eigenvalue weighted by molar-refractivity contribution is 6.30. The van der Waals surface area contributed by atoms with Crippen molar-refractivity contribution >= 4 is 29.1 Å². The van der Waals surface area contributed by atoms with Crippen molar-refractivity contribution in [1.82, 2.24) is 20.1 Å². The number of aromatic nitrogens is 3. The Morgan fingerprint density at radius 1 is 0.926 bits per heavy atom. The van der Waals surface area contributed by atoms with Gasteiger partial charge in [-0.1, -0.05) is 24.6 Å². The third-order valence-corrected chi connectivity index (χ3v) is 5.65. The molecule has 8 heteroatoms. The van der Waals surface area contributed by atoms with Gasteiger partial charge in [-0.05, 0) is 24.7 Å². The van der Waals surface area contributed by atoms with Crippen molar-refractivity contribution in [3.05, 3.63) is 35.5 Å². The molecule has 144 valence electrons. The second kappa shape index (κ2) is 8.27. The Hall–Kier alpha value is -2.12. The summed E-state index contributed by atoms with van der Waals surface area (Å²) >= 11 is 6.13. The van der Waals surface area contributed by atoms with Crippen LogP contribution in [0, 0.1) is 0 Å². The normalized spacial score (nSPS) is 18.8. The van der Waals surface area contributed by atoms with Crippen LogP contribution in [-0.2, 0) is 0 Å². The molecule has 2 aliphatic rings. The fourth-order valence-electron chi connectivity index (χ4n) is 3.70. The number of hydrogen-bond acceptors (Lipinski definition) is 7. The Morgan fingerprint density at radius 3 is 2.33 bits per heavy atom. The summed E-state index contributed by atoms with van der Waals surface area (Å²) in [6.07, 6.45) is 1.78. The van der Waals surface area contributed by atoms with Crippen LogP contribution in [0.2, 0.25) is 5.02 Å². The van der Waals surface area contributed by atoms with E-state index in [2.05, 4.69) is 42.8 Å². The number of piperazine rings is 2. The van der Waals surface area contributed by atoms with E-state index in [4.69, 9.17) is 16.6 Å². The van der Waals surface area contributed by atoms with Crippen molar-refractivity contribution in [3.63, 3.8) is 0 Å². The minimum Gasteiger partial charge on any atom is -0.368 e. The van der Waals surface area contributed by atoms with Crippen molar-refractivity contribution < 1.29 is 0 Å². The summed E-state index contributed by atoms with van der Waals surface area (Å²) < 4.78 is 0. The highest BCUT2D eigenvalue weighted by Crippen LogP contribution is 2.22. The molecule has 2 fully saturated rings. The molecule has 0 amide bonds. The van der Waals surface area contributed by atoms with Crippen LogP contribution in [0.15, 0.2) is 30.5 Å². The smallest absolute Gasteiger partial charge is 0.247 e. The largest absolute Gasteiger partial charge is 0.368 e. The van der Waals surface area contributed by atoms with E-state index in [0.29, 0.717) is 0 Å². The lowest BCUT2D eigenvalue weighted by atomic mass is 10.2. The maximum atomic E-state index is 6.13. The fourth-order valence-corrected chi connectivity index (χ4v) is 3.89. The molecule has 0 aliphatic carbocycles. The average Bonchev–Trinajstić information content (AvgIpc) is 2.74. The topological polar surface area (TPSA) is 51.6 Å². The lowest BCUT2D eigenvalue weighted by Crippen LogP contribution is -2.48. The summed E-state index contributed by atoms with van der Waals surface area (Å²) in [6, 6.07) is 8.05. The van der Waals surface area contributed by atoms with Crippen molar-refractivity contribution in [2.24, 2.45) is 0 Å². The predicted octanol–water partition coefficient (Wildman–Crippen LogP) is 1.99. The summed E-state index contributed by atoms with van der Waals surface area (Å²) in [7, 11) is 0. The van der Waals surface area contributed by atoms with Gasteiger partial charge in [0.25, 0.3) is 0 Å². The molecule has 0 saturated carbocycles. The third-order valence-electron chi connectivity index (χ3n) is 5.41. The molecule has 1 aromatic heterocycles. The van der Waals surface area contributed by atoms with Crippen LogP contribution in [0.4, 0.5) is 17.5 Å². The second-order valence-corrected chi connectivity index (χ2v) is 7.43. The van der Waals surface area contributed by atoms with Gasteiger partial charge in [-0.3, -0.25) is 0 Å². The maximum Gasteiger partial charge on any atom is 0.247 e. The third kappa shape index (κ3) is 4.25. The molecule has 0 N–H and O–H groups in total. The van der Waals surface area contributed by atoms with E-state index in [1.807, 2.05) is 18.2 Å². The van der Waals surface area contributed by atoms with Crippen molar-refractivity contribution in [2.75, 3.05) is 73.6 Å². The van der Waals surface area contributed by atoms with Crippen LogP contribution in [0.1, 0.15) is 6.92 Å². The molecule has 0 spiro atoms. The first kappa shape index (κ1) is 18.3. The molecule has 0 atom stereocenters. The molecule has 7 nitrogen and oxygen atoms in total.